The van der Waals surface area contributed by atoms with E-state index in [1.807, 2.05) is 32.9 Å². The van der Waals surface area contributed by atoms with Crippen LogP contribution in [0.25, 0.3) is 6.08 Å². The van der Waals surface area contributed by atoms with Gasteiger partial charge < -0.3 is 32.9 Å². The molecule has 0 aliphatic heterocycles. The van der Waals surface area contributed by atoms with Crippen molar-refractivity contribution in [3.8, 4) is 0 Å². The zero-order valence-corrected chi connectivity index (χ0v) is 27.5. The fourth-order valence-electron chi connectivity index (χ4n) is 4.46. The summed E-state index contributed by atoms with van der Waals surface area (Å²) in [6.07, 6.45) is 13.6. The maximum absolute atomic E-state index is 12.9. The number of sulfone groups is 1. The van der Waals surface area contributed by atoms with Crippen LogP contribution in [0.15, 0.2) is 53.3 Å². The number of aromatic amines is 1. The van der Waals surface area contributed by atoms with Gasteiger partial charge in [0, 0.05) is 17.0 Å². The molecule has 43 heavy (non-hydrogen) atoms. The lowest BCUT2D eigenvalue weighted by Crippen LogP contribution is -3.12. The summed E-state index contributed by atoms with van der Waals surface area (Å²) in [6, 6.07) is 0. The first-order valence-electron chi connectivity index (χ1n) is 14.1. The first-order valence-corrected chi connectivity index (χ1v) is 15.9. The van der Waals surface area contributed by atoms with Crippen LogP contribution in [-0.2, 0) is 24.2 Å². The Morgan fingerprint density at radius 2 is 1.74 bits per heavy atom. The highest BCUT2D eigenvalue weighted by Crippen LogP contribution is 2.22. The maximum Gasteiger partial charge on any atom is 0.373 e. The predicted octanol–water partition coefficient (Wildman–Crippen LogP) is -0.623. The molecule has 0 radical (unpaired) electrons. The Kier molecular flexibility index (Phi) is 18.8. The second-order valence-electron chi connectivity index (χ2n) is 10.1. The number of aryl methyl sites for hydroxylation is 1. The number of halogens is 1. The first kappa shape index (κ1) is 39.5. The minimum absolute atomic E-state index is 0. The number of amides is 2. The number of carbonyl (C=O) groups is 2. The van der Waals surface area contributed by atoms with Gasteiger partial charge in [-0.15, -0.1) is 0 Å². The van der Waals surface area contributed by atoms with Crippen LogP contribution >= 0.6 is 0 Å². The number of quaternary nitrogens is 1. The Balaban J connectivity index is 0.00000422. The van der Waals surface area contributed by atoms with Gasteiger partial charge in [0.1, 0.15) is 0 Å². The van der Waals surface area contributed by atoms with Gasteiger partial charge in [-0.2, -0.15) is 9.59 Å². The van der Waals surface area contributed by atoms with Crippen molar-refractivity contribution >= 4 is 33.9 Å². The standard InChI is InChI=1S/C30H44N4O4S.CO2.ClH/c1-7-16-31-29(35)26(11-10-19-39(37,38)21-25-14-12-22(4)13-15-25)20-27-23(5)28(24(6)33-27)30(36)32-17-18-34(8-2)9-3;2-1-3;/h7,10-12,14,16,20,33H,8-9,13,15,17-19,21H2,1-6H3,(H,31,35)(H,32,36);;1H/b11-10+,16-7+,26-20-;;. The number of likely N-dealkylation sites (N-methyl/N-ethyl adjacent to an activating group) is 1. The summed E-state index contributed by atoms with van der Waals surface area (Å²) in [5, 5.41) is 5.69. The number of hydrogen-bond acceptors (Lipinski definition) is 6. The largest absolute Gasteiger partial charge is 1.00 e. The molecule has 2 rings (SSSR count). The zero-order chi connectivity index (χ0) is 31.7. The van der Waals surface area contributed by atoms with Crippen molar-refractivity contribution in [1.82, 2.24) is 15.6 Å². The van der Waals surface area contributed by atoms with E-state index in [0.29, 0.717) is 23.5 Å². The molecule has 0 fully saturated rings. The van der Waals surface area contributed by atoms with E-state index < -0.39 is 9.84 Å². The van der Waals surface area contributed by atoms with Gasteiger partial charge in [0.15, 0.2) is 9.84 Å². The highest BCUT2D eigenvalue weighted by atomic mass is 35.5. The summed E-state index contributed by atoms with van der Waals surface area (Å²) >= 11 is 0. The third kappa shape index (κ3) is 14.0. The fraction of sp³-hybridized carbons (Fsp3) is 0.452. The maximum atomic E-state index is 12.9. The molecule has 0 saturated heterocycles. The summed E-state index contributed by atoms with van der Waals surface area (Å²) in [6.45, 7) is 15.2. The van der Waals surface area contributed by atoms with Gasteiger partial charge in [0.05, 0.1) is 43.2 Å². The molecule has 0 unspecified atom stereocenters. The Bertz CT molecular complexity index is 1380. The van der Waals surface area contributed by atoms with E-state index in [4.69, 9.17) is 9.59 Å². The molecule has 1 aromatic rings. The molecular formula is C31H45ClN4O6S. The SMILES string of the molecule is C/C=C/NC(=O)C(=C\c1[nH]c(C)c(C(=O)NCC[NH+](CC)CC)c1C)/C=C/CS(=O)(=O)CC1=CC=C(C)CC1.O=C=O.[Cl-]. The van der Waals surface area contributed by atoms with Crippen LogP contribution < -0.4 is 27.9 Å². The molecule has 2 amide bonds. The van der Waals surface area contributed by atoms with E-state index in [1.54, 1.807) is 19.1 Å². The number of hydrogen-bond donors (Lipinski definition) is 4. The van der Waals surface area contributed by atoms with Gasteiger partial charge in [-0.3, -0.25) is 9.59 Å². The molecule has 0 aromatic carbocycles. The van der Waals surface area contributed by atoms with Gasteiger partial charge >= 0.3 is 6.15 Å². The number of nitrogens with one attached hydrogen (secondary N) is 4. The lowest BCUT2D eigenvalue weighted by Gasteiger charge is -2.15. The molecule has 1 aromatic heterocycles. The van der Waals surface area contributed by atoms with E-state index in [-0.39, 0.29) is 47.5 Å². The van der Waals surface area contributed by atoms with Crippen molar-refractivity contribution in [1.29, 1.82) is 0 Å². The highest BCUT2D eigenvalue weighted by molar-refractivity contribution is 7.91. The lowest BCUT2D eigenvalue weighted by molar-refractivity contribution is -0.895. The van der Waals surface area contributed by atoms with Crippen molar-refractivity contribution in [2.75, 3.05) is 37.7 Å². The zero-order valence-electron chi connectivity index (χ0n) is 25.9. The molecular weight excluding hydrogens is 592 g/mol. The van der Waals surface area contributed by atoms with Gasteiger partial charge in [0.25, 0.3) is 11.8 Å². The van der Waals surface area contributed by atoms with Gasteiger partial charge in [0.2, 0.25) is 0 Å². The van der Waals surface area contributed by atoms with Crippen molar-refractivity contribution < 1.29 is 44.9 Å². The van der Waals surface area contributed by atoms with E-state index in [9.17, 15) is 18.0 Å². The molecule has 1 aliphatic carbocycles. The summed E-state index contributed by atoms with van der Waals surface area (Å²) in [5.41, 5.74) is 5.04. The molecule has 0 saturated carbocycles. The second-order valence-corrected chi connectivity index (χ2v) is 12.2. The Labute approximate surface area is 261 Å². The summed E-state index contributed by atoms with van der Waals surface area (Å²) < 4.78 is 25.4. The Hall–Kier alpha value is -3.50. The molecule has 12 heteroatoms. The fourth-order valence-corrected chi connectivity index (χ4v) is 5.77. The van der Waals surface area contributed by atoms with Crippen LogP contribution in [0.3, 0.4) is 0 Å². The van der Waals surface area contributed by atoms with Gasteiger partial charge in [-0.05, 0) is 72.2 Å². The normalized spacial score (nSPS) is 13.5. The van der Waals surface area contributed by atoms with E-state index in [1.165, 1.54) is 28.8 Å². The van der Waals surface area contributed by atoms with Crippen molar-refractivity contribution in [2.24, 2.45) is 0 Å². The summed E-state index contributed by atoms with van der Waals surface area (Å²) in [7, 11) is -3.37. The van der Waals surface area contributed by atoms with Crippen LogP contribution in [0, 0.1) is 13.8 Å². The number of carbonyl (C=O) groups excluding carboxylic acids is 4. The molecule has 238 valence electrons. The van der Waals surface area contributed by atoms with E-state index >= 15 is 0 Å². The summed E-state index contributed by atoms with van der Waals surface area (Å²) in [4.78, 5) is 46.7. The van der Waals surface area contributed by atoms with Gasteiger partial charge in [-0.1, -0.05) is 41.5 Å². The Morgan fingerprint density at radius 3 is 2.30 bits per heavy atom. The average molecular weight is 637 g/mol. The van der Waals surface area contributed by atoms with Crippen LogP contribution in [0.1, 0.15) is 67.8 Å². The minimum atomic E-state index is -3.37. The molecule has 10 nitrogen and oxygen atoms in total. The quantitative estimate of drug-likeness (QED) is 0.158. The highest BCUT2D eigenvalue weighted by Gasteiger charge is 2.19. The molecule has 4 N–H and O–H groups in total. The van der Waals surface area contributed by atoms with Crippen LogP contribution in [0.5, 0.6) is 0 Å². The van der Waals surface area contributed by atoms with Gasteiger partial charge in [-0.25, -0.2) is 8.42 Å². The third-order valence-corrected chi connectivity index (χ3v) is 8.42. The van der Waals surface area contributed by atoms with Crippen LogP contribution in [0.4, 0.5) is 0 Å². The molecule has 0 atom stereocenters. The molecule has 0 bridgehead atoms. The smallest absolute Gasteiger partial charge is 0.373 e. The van der Waals surface area contributed by atoms with Crippen molar-refractivity contribution in [3.05, 3.63) is 75.8 Å². The Morgan fingerprint density at radius 1 is 1.09 bits per heavy atom. The number of allylic oxidation sites excluding steroid dienone is 4. The molecule has 0 spiro atoms. The lowest BCUT2D eigenvalue weighted by atomic mass is 10.0. The number of H-pyrrole nitrogens is 1. The summed E-state index contributed by atoms with van der Waals surface area (Å²) in [5.74, 6) is -0.700. The first-order chi connectivity index (χ1) is 19.9. The number of aromatic nitrogens is 1. The average Bonchev–Trinajstić information content (AvgIpc) is 3.22. The van der Waals surface area contributed by atoms with E-state index in [2.05, 4.69) is 29.5 Å². The minimum Gasteiger partial charge on any atom is -1.00 e. The van der Waals surface area contributed by atoms with Crippen LogP contribution in [-0.4, -0.2) is 69.1 Å². The van der Waals surface area contributed by atoms with Crippen molar-refractivity contribution in [2.45, 2.75) is 54.4 Å². The molecule has 1 heterocycles. The predicted molar refractivity (Wildman–Crippen MR) is 164 cm³/mol. The van der Waals surface area contributed by atoms with E-state index in [0.717, 1.165) is 43.6 Å². The second kappa shape index (κ2) is 20.4. The topological polar surface area (TPSA) is 147 Å². The number of rotatable bonds is 14. The third-order valence-electron chi connectivity index (χ3n) is 6.91. The monoisotopic (exact) mass is 636 g/mol. The van der Waals surface area contributed by atoms with Crippen molar-refractivity contribution in [3.63, 3.8) is 0 Å². The van der Waals surface area contributed by atoms with Crippen LogP contribution in [0.2, 0.25) is 0 Å². The molecule has 1 aliphatic rings.